The zero-order valence-electron chi connectivity index (χ0n) is 9.29. The molecule has 0 bridgehead atoms. The summed E-state index contributed by atoms with van der Waals surface area (Å²) < 4.78 is 46.9. The molecular weight excluding hydrogens is 270 g/mol. The maximum atomic E-state index is 11.4. The highest BCUT2D eigenvalue weighted by Crippen LogP contribution is 2.26. The Labute approximate surface area is 100 Å². The lowest BCUT2D eigenvalue weighted by Crippen LogP contribution is -2.36. The van der Waals surface area contributed by atoms with Crippen molar-refractivity contribution in [2.75, 3.05) is 11.3 Å². The number of rotatable bonds is 5. The maximum Gasteiger partial charge on any atom is 0.306 e. The molecule has 0 aliphatic heterocycles. The van der Waals surface area contributed by atoms with Crippen LogP contribution in [0, 0.1) is 5.92 Å². The van der Waals surface area contributed by atoms with Crippen LogP contribution >= 0.6 is 0 Å². The summed E-state index contributed by atoms with van der Waals surface area (Å²) in [5, 5.41) is 7.78. The topological polar surface area (TPSA) is 118 Å². The van der Waals surface area contributed by atoms with Gasteiger partial charge in [0.2, 0.25) is 10.0 Å². The number of aliphatic carboxylic acids is 1. The molecule has 100 valence electrons. The minimum atomic E-state index is -3.90. The van der Waals surface area contributed by atoms with E-state index in [1.54, 1.807) is 0 Å². The highest BCUT2D eigenvalue weighted by molar-refractivity contribution is 8.06. The van der Waals surface area contributed by atoms with Crippen molar-refractivity contribution >= 4 is 25.8 Å². The van der Waals surface area contributed by atoms with E-state index < -0.39 is 42.9 Å². The number of sulfonamides is 1. The Kier molecular flexibility index (Phi) is 4.15. The Morgan fingerprint density at radius 2 is 1.88 bits per heavy atom. The number of carboxylic acid groups (broad SMARTS) is 1. The average molecular weight is 285 g/mol. The summed E-state index contributed by atoms with van der Waals surface area (Å²) in [5.74, 6) is -1.50. The summed E-state index contributed by atoms with van der Waals surface area (Å²) in [7, 11) is -7.52. The third-order valence-electron chi connectivity index (χ3n) is 2.50. The lowest BCUT2D eigenvalue weighted by atomic mass is 10.1. The van der Waals surface area contributed by atoms with Crippen molar-refractivity contribution in [2.45, 2.75) is 25.3 Å². The molecule has 0 aromatic heterocycles. The molecule has 1 aliphatic carbocycles. The lowest BCUT2D eigenvalue weighted by molar-refractivity contribution is -0.141. The van der Waals surface area contributed by atoms with Crippen LogP contribution in [-0.4, -0.2) is 45.3 Å². The third-order valence-corrected chi connectivity index (χ3v) is 6.14. The van der Waals surface area contributed by atoms with E-state index in [2.05, 4.69) is 4.72 Å². The van der Waals surface area contributed by atoms with Gasteiger partial charge in [0.1, 0.15) is 0 Å². The number of nitrogens with one attached hydrogen (secondary N) is 1. The van der Waals surface area contributed by atoms with Gasteiger partial charge in [-0.3, -0.25) is 4.79 Å². The second-order valence-corrected chi connectivity index (χ2v) is 8.58. The molecule has 0 heterocycles. The first-order valence-electron chi connectivity index (χ1n) is 4.99. The van der Waals surface area contributed by atoms with Crippen LogP contribution in [-0.2, 0) is 24.7 Å². The van der Waals surface area contributed by atoms with Crippen LogP contribution in [0.5, 0.6) is 0 Å². The number of sulfone groups is 1. The molecular formula is C8H15NO6S2. The second kappa shape index (κ2) is 4.91. The summed E-state index contributed by atoms with van der Waals surface area (Å²) in [6, 6.07) is -0.483. The smallest absolute Gasteiger partial charge is 0.306 e. The third kappa shape index (κ3) is 5.00. The molecule has 1 fully saturated rings. The summed E-state index contributed by atoms with van der Waals surface area (Å²) in [6.07, 6.45) is 1.86. The SMILES string of the molecule is CS(=O)(=O)CS(=O)(=O)NC1CCC(C(=O)O)C1. The van der Waals surface area contributed by atoms with Crippen molar-refractivity contribution in [1.82, 2.24) is 4.72 Å². The Morgan fingerprint density at radius 3 is 2.29 bits per heavy atom. The van der Waals surface area contributed by atoms with E-state index in [0.29, 0.717) is 12.8 Å². The lowest BCUT2D eigenvalue weighted by Gasteiger charge is -2.12. The van der Waals surface area contributed by atoms with Gasteiger partial charge in [-0.2, -0.15) is 0 Å². The highest BCUT2D eigenvalue weighted by atomic mass is 32.3. The summed E-state index contributed by atoms with van der Waals surface area (Å²) in [4.78, 5) is 10.7. The number of carboxylic acids is 1. The van der Waals surface area contributed by atoms with Crippen molar-refractivity contribution in [3.63, 3.8) is 0 Å². The molecule has 17 heavy (non-hydrogen) atoms. The Hall–Kier alpha value is -0.670. The van der Waals surface area contributed by atoms with Crippen molar-refractivity contribution < 1.29 is 26.7 Å². The van der Waals surface area contributed by atoms with Gasteiger partial charge in [0.15, 0.2) is 14.9 Å². The van der Waals surface area contributed by atoms with E-state index in [0.717, 1.165) is 6.26 Å². The Bertz CT molecular complexity index is 494. The molecule has 9 heteroatoms. The molecule has 2 N–H and O–H groups in total. The van der Waals surface area contributed by atoms with Crippen LogP contribution in [0.1, 0.15) is 19.3 Å². The largest absolute Gasteiger partial charge is 0.481 e. The molecule has 2 unspecified atom stereocenters. The summed E-state index contributed by atoms with van der Waals surface area (Å²) in [6.45, 7) is 0. The van der Waals surface area contributed by atoms with Gasteiger partial charge in [0.05, 0.1) is 5.92 Å². The highest BCUT2D eigenvalue weighted by Gasteiger charge is 2.32. The van der Waals surface area contributed by atoms with Crippen molar-refractivity contribution in [3.8, 4) is 0 Å². The van der Waals surface area contributed by atoms with Crippen molar-refractivity contribution in [3.05, 3.63) is 0 Å². The van der Waals surface area contributed by atoms with E-state index in [1.165, 1.54) is 0 Å². The number of hydrogen-bond acceptors (Lipinski definition) is 5. The van der Waals surface area contributed by atoms with E-state index >= 15 is 0 Å². The molecule has 1 rings (SSSR count). The van der Waals surface area contributed by atoms with Gasteiger partial charge >= 0.3 is 5.97 Å². The molecule has 0 radical (unpaired) electrons. The fraction of sp³-hybridized carbons (Fsp3) is 0.875. The van der Waals surface area contributed by atoms with Gasteiger partial charge in [-0.15, -0.1) is 0 Å². The molecule has 1 aliphatic rings. The first kappa shape index (κ1) is 14.4. The van der Waals surface area contributed by atoms with Crippen LogP contribution in [0.2, 0.25) is 0 Å². The zero-order valence-corrected chi connectivity index (χ0v) is 10.9. The predicted octanol–water partition coefficient (Wildman–Crippen LogP) is -0.839. The standard InChI is InChI=1S/C8H15NO6S2/c1-16(12,13)5-17(14,15)9-7-3-2-6(4-7)8(10)11/h6-7,9H,2-5H2,1H3,(H,10,11). The van der Waals surface area contributed by atoms with Gasteiger partial charge in [0.25, 0.3) is 0 Å². The van der Waals surface area contributed by atoms with Gasteiger partial charge in [-0.05, 0) is 19.3 Å². The monoisotopic (exact) mass is 285 g/mol. The maximum absolute atomic E-state index is 11.4. The van der Waals surface area contributed by atoms with Crippen LogP contribution in [0.15, 0.2) is 0 Å². The fourth-order valence-electron chi connectivity index (χ4n) is 1.88. The average Bonchev–Trinajstić information content (AvgIpc) is 2.46. The summed E-state index contributed by atoms with van der Waals surface area (Å²) in [5.41, 5.74) is 0. The first-order chi connectivity index (χ1) is 7.59. The van der Waals surface area contributed by atoms with E-state index in [-0.39, 0.29) is 6.42 Å². The van der Waals surface area contributed by atoms with Crippen molar-refractivity contribution in [2.24, 2.45) is 5.92 Å². The number of hydrogen-bond donors (Lipinski definition) is 2. The van der Waals surface area contributed by atoms with Gasteiger partial charge in [0, 0.05) is 12.3 Å². The zero-order chi connectivity index (χ0) is 13.3. The second-order valence-electron chi connectivity index (χ2n) is 4.32. The van der Waals surface area contributed by atoms with Gasteiger partial charge in [-0.1, -0.05) is 0 Å². The predicted molar refractivity (Wildman–Crippen MR) is 60.5 cm³/mol. The summed E-state index contributed by atoms with van der Waals surface area (Å²) >= 11 is 0. The fourth-order valence-corrected chi connectivity index (χ4v) is 5.13. The van der Waals surface area contributed by atoms with Crippen LogP contribution in [0.25, 0.3) is 0 Å². The molecule has 0 spiro atoms. The van der Waals surface area contributed by atoms with Gasteiger partial charge < -0.3 is 5.11 Å². The van der Waals surface area contributed by atoms with Crippen molar-refractivity contribution in [1.29, 1.82) is 0 Å². The van der Waals surface area contributed by atoms with Crippen LogP contribution in [0.4, 0.5) is 0 Å². The van der Waals surface area contributed by atoms with Crippen LogP contribution < -0.4 is 4.72 Å². The van der Waals surface area contributed by atoms with E-state index in [1.807, 2.05) is 0 Å². The molecule has 2 atom stereocenters. The first-order valence-corrected chi connectivity index (χ1v) is 8.71. The molecule has 0 amide bonds. The Morgan fingerprint density at radius 1 is 1.29 bits per heavy atom. The van der Waals surface area contributed by atoms with E-state index in [4.69, 9.17) is 5.11 Å². The number of carbonyl (C=O) groups is 1. The molecule has 7 nitrogen and oxygen atoms in total. The molecule has 1 saturated carbocycles. The van der Waals surface area contributed by atoms with E-state index in [9.17, 15) is 21.6 Å². The minimum Gasteiger partial charge on any atom is -0.481 e. The normalized spacial score (nSPS) is 25.9. The van der Waals surface area contributed by atoms with Gasteiger partial charge in [-0.25, -0.2) is 21.6 Å². The molecule has 0 aromatic carbocycles. The molecule has 0 aromatic rings. The molecule has 0 saturated heterocycles. The minimum absolute atomic E-state index is 0.207. The Balaban J connectivity index is 2.59. The van der Waals surface area contributed by atoms with Crippen LogP contribution in [0.3, 0.4) is 0 Å². The quantitative estimate of drug-likeness (QED) is 0.680.